The van der Waals surface area contributed by atoms with Gasteiger partial charge in [0.05, 0.1) is 6.10 Å². The molecule has 1 saturated heterocycles. The number of aromatic amines is 1. The van der Waals surface area contributed by atoms with E-state index >= 15 is 0 Å². The lowest BCUT2D eigenvalue weighted by atomic mass is 9.99. The van der Waals surface area contributed by atoms with Gasteiger partial charge in [-0.15, -0.1) is 0 Å². The van der Waals surface area contributed by atoms with Crippen molar-refractivity contribution in [1.82, 2.24) is 20.2 Å². The van der Waals surface area contributed by atoms with Crippen LogP contribution in [0.2, 0.25) is 0 Å². The third-order valence-corrected chi connectivity index (χ3v) is 6.27. The fraction of sp³-hybridized carbons (Fsp3) is 0.667. The Bertz CT molecular complexity index is 1200. The molecule has 230 valence electrons. The van der Waals surface area contributed by atoms with Crippen molar-refractivity contribution in [2.24, 2.45) is 11.7 Å². The Hall–Kier alpha value is -3.64. The highest BCUT2D eigenvalue weighted by molar-refractivity contribution is 5.82. The topological polar surface area (TPSA) is 262 Å². The average Bonchev–Trinajstić information content (AvgIpc) is 3.20. The van der Waals surface area contributed by atoms with Gasteiger partial charge in [-0.3, -0.25) is 33.5 Å². The van der Waals surface area contributed by atoms with Gasteiger partial charge >= 0.3 is 23.6 Å². The molecule has 1 aliphatic heterocycles. The standard InChI is InChI=1S/C24H37N5O12/c1-10(2)16(33)14(25)21(35)27-8-5-7-26-15(23(36)37)17(34)18-19(39-11(3)30)20(40-12(4)31)22(41-18)29-9-6-13(32)28-24(29)38/h6,9-10,14-20,22,26,33-34H,5,7-8,25H2,1-4H3,(H,27,35)(H,36,37)(H,28,32,38)/t14-,15?,16-,17+,18+,19+,20+,22+/m0/s1. The molecule has 41 heavy (non-hydrogen) atoms. The number of carboxylic acids is 1. The van der Waals surface area contributed by atoms with Gasteiger partial charge in [0.15, 0.2) is 18.4 Å². The van der Waals surface area contributed by atoms with Gasteiger partial charge in [-0.1, -0.05) is 13.8 Å². The minimum atomic E-state index is -1.91. The normalized spacial score (nSPS) is 23.3. The van der Waals surface area contributed by atoms with Crippen molar-refractivity contribution in [3.05, 3.63) is 33.1 Å². The summed E-state index contributed by atoms with van der Waals surface area (Å²) in [5.74, 6) is -4.08. The number of hydrogen-bond acceptors (Lipinski definition) is 13. The molecule has 1 aromatic rings. The maximum atomic E-state index is 12.4. The summed E-state index contributed by atoms with van der Waals surface area (Å²) in [5.41, 5.74) is 4.03. The predicted octanol–water partition coefficient (Wildman–Crippen LogP) is -3.45. The minimum absolute atomic E-state index is 0.0303. The lowest BCUT2D eigenvalue weighted by Gasteiger charge is -2.29. The van der Waals surface area contributed by atoms with Crippen molar-refractivity contribution in [2.45, 2.75) is 82.9 Å². The summed E-state index contributed by atoms with van der Waals surface area (Å²) in [6.45, 7) is 5.51. The van der Waals surface area contributed by atoms with E-state index < -0.39 is 83.9 Å². The van der Waals surface area contributed by atoms with Crippen molar-refractivity contribution < 1.29 is 48.7 Å². The second-order valence-electron chi connectivity index (χ2n) is 9.82. The number of aliphatic carboxylic acids is 1. The summed E-state index contributed by atoms with van der Waals surface area (Å²) in [5, 5.41) is 35.9. The summed E-state index contributed by atoms with van der Waals surface area (Å²) in [6.07, 6.45) is -7.92. The first-order chi connectivity index (χ1) is 19.1. The zero-order valence-electron chi connectivity index (χ0n) is 23.0. The van der Waals surface area contributed by atoms with Gasteiger partial charge in [0.25, 0.3) is 5.56 Å². The molecule has 2 heterocycles. The zero-order valence-corrected chi connectivity index (χ0v) is 23.0. The highest BCUT2D eigenvalue weighted by Gasteiger charge is 2.55. The Morgan fingerprint density at radius 2 is 1.71 bits per heavy atom. The molecule has 17 nitrogen and oxygen atoms in total. The fourth-order valence-corrected chi connectivity index (χ4v) is 4.22. The van der Waals surface area contributed by atoms with Crippen LogP contribution < -0.4 is 27.6 Å². The van der Waals surface area contributed by atoms with Crippen molar-refractivity contribution in [1.29, 1.82) is 0 Å². The molecule has 17 heteroatoms. The second kappa shape index (κ2) is 14.8. The van der Waals surface area contributed by atoms with Crippen molar-refractivity contribution in [3.8, 4) is 0 Å². The van der Waals surface area contributed by atoms with Crippen molar-refractivity contribution in [3.63, 3.8) is 0 Å². The van der Waals surface area contributed by atoms with Crippen LogP contribution >= 0.6 is 0 Å². The van der Waals surface area contributed by atoms with Crippen LogP contribution in [-0.4, -0.2) is 104 Å². The van der Waals surface area contributed by atoms with E-state index in [2.05, 4.69) is 10.6 Å². The molecule has 8 N–H and O–H groups in total. The van der Waals surface area contributed by atoms with Crippen LogP contribution in [0.5, 0.6) is 0 Å². The highest BCUT2D eigenvalue weighted by Crippen LogP contribution is 2.35. The number of aliphatic hydroxyl groups is 2. The third-order valence-electron chi connectivity index (χ3n) is 6.27. The van der Waals surface area contributed by atoms with E-state index in [0.29, 0.717) is 0 Å². The van der Waals surface area contributed by atoms with Crippen molar-refractivity contribution in [2.75, 3.05) is 13.1 Å². The monoisotopic (exact) mass is 587 g/mol. The van der Waals surface area contributed by atoms with Crippen LogP contribution in [0.1, 0.15) is 40.3 Å². The summed E-state index contributed by atoms with van der Waals surface area (Å²) >= 11 is 0. The number of hydrogen-bond donors (Lipinski definition) is 7. The van der Waals surface area contributed by atoms with Crippen LogP contribution in [-0.2, 0) is 33.4 Å². The number of aliphatic hydroxyl groups excluding tert-OH is 2. The van der Waals surface area contributed by atoms with Crippen LogP contribution in [0, 0.1) is 5.92 Å². The van der Waals surface area contributed by atoms with Gasteiger partial charge in [-0.05, 0) is 18.9 Å². The molecule has 0 aromatic carbocycles. The van der Waals surface area contributed by atoms with Gasteiger partial charge in [0.2, 0.25) is 5.91 Å². The van der Waals surface area contributed by atoms with E-state index in [4.69, 9.17) is 19.9 Å². The Morgan fingerprint density at radius 1 is 1.10 bits per heavy atom. The molecule has 1 unspecified atom stereocenters. The smallest absolute Gasteiger partial charge is 0.330 e. The molecule has 1 fully saturated rings. The number of ether oxygens (including phenoxy) is 3. The third kappa shape index (κ3) is 8.92. The van der Waals surface area contributed by atoms with E-state index in [1.54, 1.807) is 13.8 Å². The molecular formula is C24H37N5O12. The van der Waals surface area contributed by atoms with Gasteiger partial charge < -0.3 is 45.9 Å². The predicted molar refractivity (Wildman–Crippen MR) is 138 cm³/mol. The first-order valence-electron chi connectivity index (χ1n) is 12.8. The molecule has 0 radical (unpaired) electrons. The number of carbonyl (C=O) groups is 4. The number of nitrogens with two attached hydrogens (primary N) is 1. The first kappa shape index (κ1) is 33.6. The summed E-state index contributed by atoms with van der Waals surface area (Å²) in [7, 11) is 0. The number of aromatic nitrogens is 2. The van der Waals surface area contributed by atoms with Gasteiger partial charge in [-0.25, -0.2) is 4.79 Å². The number of esters is 2. The molecule has 8 atom stereocenters. The lowest BCUT2D eigenvalue weighted by Crippen LogP contribution is -2.55. The Balaban J connectivity index is 2.20. The summed E-state index contributed by atoms with van der Waals surface area (Å²) in [4.78, 5) is 73.8. The van der Waals surface area contributed by atoms with E-state index in [1.807, 2.05) is 4.98 Å². The molecule has 0 bridgehead atoms. The van der Waals surface area contributed by atoms with Gasteiger partial charge in [0, 0.05) is 32.7 Å². The maximum absolute atomic E-state index is 12.4. The SMILES string of the molecule is CC(=O)O[C@H]1[C@@H](OC(C)=O)[C@H](n2ccc(=O)[nH]c2=O)O[C@@H]1[C@H](O)C(NCCCNC(=O)[C@@H](N)[C@@H](O)C(C)C)C(=O)O. The Morgan fingerprint density at radius 3 is 2.24 bits per heavy atom. The van der Waals surface area contributed by atoms with Gasteiger partial charge in [0.1, 0.15) is 24.3 Å². The first-order valence-corrected chi connectivity index (χ1v) is 12.8. The number of carbonyl (C=O) groups excluding carboxylic acids is 3. The van der Waals surface area contributed by atoms with Crippen LogP contribution in [0.3, 0.4) is 0 Å². The second-order valence-corrected chi connectivity index (χ2v) is 9.82. The lowest BCUT2D eigenvalue weighted by molar-refractivity contribution is -0.167. The number of carboxylic acid groups (broad SMARTS) is 1. The molecule has 0 saturated carbocycles. The fourth-order valence-electron chi connectivity index (χ4n) is 4.22. The van der Waals surface area contributed by atoms with Crippen LogP contribution in [0.15, 0.2) is 21.9 Å². The average molecular weight is 588 g/mol. The highest BCUT2D eigenvalue weighted by atomic mass is 16.6. The molecule has 0 aliphatic carbocycles. The number of H-pyrrole nitrogens is 1. The molecule has 1 aliphatic rings. The molecule has 1 amide bonds. The quantitative estimate of drug-likeness (QED) is 0.0825. The van der Waals surface area contributed by atoms with E-state index in [1.165, 1.54) is 0 Å². The Kier molecular flexibility index (Phi) is 12.1. The van der Waals surface area contributed by atoms with Crippen LogP contribution in [0.4, 0.5) is 0 Å². The van der Waals surface area contributed by atoms with E-state index in [9.17, 15) is 44.1 Å². The molecular weight excluding hydrogens is 550 g/mol. The number of nitrogens with zero attached hydrogens (tertiary/aromatic N) is 1. The summed E-state index contributed by atoms with van der Waals surface area (Å²) in [6, 6.07) is -1.87. The van der Waals surface area contributed by atoms with Gasteiger partial charge in [-0.2, -0.15) is 0 Å². The molecule has 1 aromatic heterocycles. The Labute approximate surface area is 234 Å². The number of amides is 1. The number of nitrogens with one attached hydrogen (secondary N) is 3. The maximum Gasteiger partial charge on any atom is 0.330 e. The van der Waals surface area contributed by atoms with E-state index in [-0.39, 0.29) is 25.4 Å². The minimum Gasteiger partial charge on any atom is -0.480 e. The zero-order chi connectivity index (χ0) is 31.0. The molecule has 2 rings (SSSR count). The largest absolute Gasteiger partial charge is 0.480 e. The molecule has 0 spiro atoms. The van der Waals surface area contributed by atoms with Crippen molar-refractivity contribution >= 4 is 23.8 Å². The number of rotatable bonds is 14. The van der Waals surface area contributed by atoms with E-state index in [0.717, 1.165) is 30.7 Å². The van der Waals surface area contributed by atoms with Crippen LogP contribution in [0.25, 0.3) is 0 Å². The summed E-state index contributed by atoms with van der Waals surface area (Å²) < 4.78 is 17.1.